The highest BCUT2D eigenvalue weighted by Crippen LogP contribution is 2.20. The van der Waals surface area contributed by atoms with E-state index in [4.69, 9.17) is 9.47 Å². The Labute approximate surface area is 125 Å². The van der Waals surface area contributed by atoms with Crippen LogP contribution in [0, 0.1) is 11.3 Å². The molecule has 3 nitrogen and oxygen atoms in total. The van der Waals surface area contributed by atoms with Gasteiger partial charge >= 0.3 is 0 Å². The van der Waals surface area contributed by atoms with Crippen molar-refractivity contribution in [2.45, 2.75) is 6.29 Å². The zero-order valence-corrected chi connectivity index (χ0v) is 12.1. The summed E-state index contributed by atoms with van der Waals surface area (Å²) in [6, 6.07) is 20.3. The van der Waals surface area contributed by atoms with Gasteiger partial charge in [-0.05, 0) is 22.8 Å². The first-order valence-electron chi connectivity index (χ1n) is 6.61. The molecule has 0 radical (unpaired) electrons. The van der Waals surface area contributed by atoms with Gasteiger partial charge in [-0.15, -0.1) is 0 Å². The lowest BCUT2D eigenvalue weighted by atomic mass is 10.0. The highest BCUT2D eigenvalue weighted by atomic mass is 16.7. The summed E-state index contributed by atoms with van der Waals surface area (Å²) in [5.74, 6) is 0. The summed E-state index contributed by atoms with van der Waals surface area (Å²) in [7, 11) is 3.02. The fourth-order valence-corrected chi connectivity index (χ4v) is 2.09. The highest BCUT2D eigenvalue weighted by Gasteiger charge is 2.11. The number of benzene rings is 2. The monoisotopic (exact) mass is 279 g/mol. The molecule has 0 fully saturated rings. The van der Waals surface area contributed by atoms with Crippen LogP contribution >= 0.6 is 0 Å². The second kappa shape index (κ2) is 7.39. The van der Waals surface area contributed by atoms with Crippen molar-refractivity contribution in [1.82, 2.24) is 0 Å². The van der Waals surface area contributed by atoms with Crippen molar-refractivity contribution >= 4 is 6.08 Å². The molecule has 0 bridgehead atoms. The van der Waals surface area contributed by atoms with Gasteiger partial charge in [-0.25, -0.2) is 0 Å². The number of hydrogen-bond acceptors (Lipinski definition) is 3. The molecule has 2 rings (SSSR count). The van der Waals surface area contributed by atoms with Crippen molar-refractivity contribution < 1.29 is 9.47 Å². The Kier molecular flexibility index (Phi) is 5.28. The van der Waals surface area contributed by atoms with Gasteiger partial charge in [0, 0.05) is 14.2 Å². The third kappa shape index (κ3) is 3.79. The van der Waals surface area contributed by atoms with Crippen LogP contribution < -0.4 is 0 Å². The van der Waals surface area contributed by atoms with Crippen molar-refractivity contribution in [2.75, 3.05) is 14.2 Å². The van der Waals surface area contributed by atoms with Crippen LogP contribution in [0.25, 0.3) is 17.2 Å². The van der Waals surface area contributed by atoms with E-state index in [0.717, 1.165) is 11.1 Å². The third-order valence-corrected chi connectivity index (χ3v) is 3.15. The summed E-state index contributed by atoms with van der Waals surface area (Å²) in [5.41, 5.74) is 3.68. The SMILES string of the molecule is COC(OC)/C(C#N)=C/c1ccc(-c2ccccc2)cc1. The average Bonchev–Trinajstić information content (AvgIpc) is 2.56. The molecule has 0 aliphatic heterocycles. The fraction of sp³-hybridized carbons (Fsp3) is 0.167. The Morgan fingerprint density at radius 1 is 0.952 bits per heavy atom. The van der Waals surface area contributed by atoms with Gasteiger partial charge < -0.3 is 9.47 Å². The van der Waals surface area contributed by atoms with Crippen molar-refractivity contribution in [3.05, 3.63) is 65.7 Å². The van der Waals surface area contributed by atoms with E-state index in [9.17, 15) is 5.26 Å². The van der Waals surface area contributed by atoms with E-state index in [1.165, 1.54) is 19.8 Å². The molecule has 106 valence electrons. The summed E-state index contributed by atoms with van der Waals surface area (Å²) in [4.78, 5) is 0. The van der Waals surface area contributed by atoms with Crippen LogP contribution in [0.1, 0.15) is 5.56 Å². The van der Waals surface area contributed by atoms with Crippen LogP contribution in [0.4, 0.5) is 0 Å². The molecule has 0 aliphatic carbocycles. The molecule has 0 spiro atoms. The van der Waals surface area contributed by atoms with Crippen LogP contribution in [0.3, 0.4) is 0 Å². The van der Waals surface area contributed by atoms with E-state index in [-0.39, 0.29) is 0 Å². The van der Waals surface area contributed by atoms with Crippen LogP contribution in [-0.2, 0) is 9.47 Å². The molecule has 0 N–H and O–H groups in total. The van der Waals surface area contributed by atoms with E-state index < -0.39 is 6.29 Å². The maximum absolute atomic E-state index is 9.17. The van der Waals surface area contributed by atoms with Crippen molar-refractivity contribution in [1.29, 1.82) is 5.26 Å². The topological polar surface area (TPSA) is 42.2 Å². The van der Waals surface area contributed by atoms with Gasteiger partial charge in [-0.1, -0.05) is 54.6 Å². The predicted molar refractivity (Wildman–Crippen MR) is 83.3 cm³/mol. The number of rotatable bonds is 5. The Morgan fingerprint density at radius 2 is 1.52 bits per heavy atom. The minimum atomic E-state index is -0.635. The Morgan fingerprint density at radius 3 is 2.05 bits per heavy atom. The molecular weight excluding hydrogens is 262 g/mol. The summed E-state index contributed by atoms with van der Waals surface area (Å²) in [6.07, 6.45) is 1.13. The number of nitrogens with zero attached hydrogens (tertiary/aromatic N) is 1. The Bertz CT molecular complexity index is 635. The van der Waals surface area contributed by atoms with Crippen LogP contribution in [0.15, 0.2) is 60.2 Å². The summed E-state index contributed by atoms with van der Waals surface area (Å²) >= 11 is 0. The van der Waals surface area contributed by atoms with E-state index in [2.05, 4.69) is 18.2 Å². The molecule has 3 heteroatoms. The normalized spacial score (nSPS) is 11.4. The summed E-state index contributed by atoms with van der Waals surface area (Å²) in [6.45, 7) is 0. The van der Waals surface area contributed by atoms with E-state index in [0.29, 0.717) is 5.57 Å². The zero-order valence-electron chi connectivity index (χ0n) is 12.1. The zero-order chi connectivity index (χ0) is 15.1. The summed E-state index contributed by atoms with van der Waals surface area (Å²) < 4.78 is 10.2. The van der Waals surface area contributed by atoms with E-state index >= 15 is 0 Å². The Hall–Kier alpha value is -2.41. The lowest BCUT2D eigenvalue weighted by Crippen LogP contribution is -2.14. The smallest absolute Gasteiger partial charge is 0.193 e. The Balaban J connectivity index is 2.25. The molecule has 0 aromatic heterocycles. The van der Waals surface area contributed by atoms with Crippen LogP contribution in [0.2, 0.25) is 0 Å². The average molecular weight is 279 g/mol. The molecule has 0 saturated carbocycles. The van der Waals surface area contributed by atoms with Gasteiger partial charge in [0.15, 0.2) is 6.29 Å². The standard InChI is InChI=1S/C18H17NO2/c1-20-18(21-2)17(13-19)12-14-8-10-16(11-9-14)15-6-4-3-5-7-15/h3-12,18H,1-2H3/b17-12+. The first-order chi connectivity index (χ1) is 10.3. The lowest BCUT2D eigenvalue weighted by Gasteiger charge is -2.11. The third-order valence-electron chi connectivity index (χ3n) is 3.15. The highest BCUT2D eigenvalue weighted by molar-refractivity contribution is 5.66. The van der Waals surface area contributed by atoms with Gasteiger partial charge in [-0.3, -0.25) is 0 Å². The molecule has 0 aliphatic rings. The molecule has 0 amide bonds. The molecule has 0 saturated heterocycles. The molecule has 2 aromatic rings. The maximum Gasteiger partial charge on any atom is 0.193 e. The molecule has 0 heterocycles. The minimum Gasteiger partial charge on any atom is -0.351 e. The molecule has 21 heavy (non-hydrogen) atoms. The van der Waals surface area contributed by atoms with Crippen molar-refractivity contribution in [2.24, 2.45) is 0 Å². The molecule has 2 aromatic carbocycles. The first kappa shape index (κ1) is 15.0. The quantitative estimate of drug-likeness (QED) is 0.616. The molecule has 0 atom stereocenters. The lowest BCUT2D eigenvalue weighted by molar-refractivity contribution is -0.0712. The minimum absolute atomic E-state index is 0.437. The summed E-state index contributed by atoms with van der Waals surface area (Å²) in [5, 5.41) is 9.17. The second-order valence-corrected chi connectivity index (χ2v) is 4.50. The maximum atomic E-state index is 9.17. The number of methoxy groups -OCH3 is 2. The van der Waals surface area contributed by atoms with Crippen LogP contribution in [-0.4, -0.2) is 20.5 Å². The van der Waals surface area contributed by atoms with Crippen molar-refractivity contribution in [3.8, 4) is 17.2 Å². The fourth-order valence-electron chi connectivity index (χ4n) is 2.09. The van der Waals surface area contributed by atoms with Gasteiger partial charge in [-0.2, -0.15) is 5.26 Å². The van der Waals surface area contributed by atoms with Gasteiger partial charge in [0.25, 0.3) is 0 Å². The molecule has 0 unspecified atom stereocenters. The second-order valence-electron chi connectivity index (χ2n) is 4.50. The van der Waals surface area contributed by atoms with Crippen molar-refractivity contribution in [3.63, 3.8) is 0 Å². The van der Waals surface area contributed by atoms with Gasteiger partial charge in [0.1, 0.15) is 6.07 Å². The van der Waals surface area contributed by atoms with E-state index in [1.807, 2.05) is 42.5 Å². The van der Waals surface area contributed by atoms with Gasteiger partial charge in [0.05, 0.1) is 5.57 Å². The first-order valence-corrected chi connectivity index (χ1v) is 6.61. The molecular formula is C18H17NO2. The predicted octanol–water partition coefficient (Wildman–Crippen LogP) is 3.88. The largest absolute Gasteiger partial charge is 0.351 e. The van der Waals surface area contributed by atoms with Crippen LogP contribution in [0.5, 0.6) is 0 Å². The van der Waals surface area contributed by atoms with Gasteiger partial charge in [0.2, 0.25) is 0 Å². The number of nitriles is 1. The van der Waals surface area contributed by atoms with E-state index in [1.54, 1.807) is 6.08 Å². The number of ether oxygens (including phenoxy) is 2. The number of hydrogen-bond donors (Lipinski definition) is 0.